The molecule has 0 bridgehead atoms. The molecule has 2 saturated heterocycles. The van der Waals surface area contributed by atoms with Crippen LogP contribution in [0.2, 0.25) is 0 Å². The number of hydrogen-bond acceptors (Lipinski definition) is 4. The average molecular weight is 342 g/mol. The largest absolute Gasteiger partial charge is 0.374 e. The van der Waals surface area contributed by atoms with Gasteiger partial charge in [0.2, 0.25) is 5.91 Å². The number of carbonyl (C=O) groups excluding carboxylic acids is 1. The van der Waals surface area contributed by atoms with Crippen LogP contribution in [0.4, 0.5) is 5.69 Å². The molecule has 1 amide bonds. The van der Waals surface area contributed by atoms with E-state index < -0.39 is 5.79 Å². The van der Waals surface area contributed by atoms with Gasteiger partial charge in [0.15, 0.2) is 5.79 Å². The van der Waals surface area contributed by atoms with E-state index in [9.17, 15) is 4.79 Å². The van der Waals surface area contributed by atoms with Crippen molar-refractivity contribution in [2.24, 2.45) is 0 Å². The topological polar surface area (TPSA) is 42.0 Å². The summed E-state index contributed by atoms with van der Waals surface area (Å²) in [7, 11) is 2.14. The molecule has 1 aromatic carbocycles. The van der Waals surface area contributed by atoms with Gasteiger partial charge in [-0.25, -0.2) is 0 Å². The van der Waals surface area contributed by atoms with E-state index in [0.29, 0.717) is 26.3 Å². The first-order valence-electron chi connectivity index (χ1n) is 9.24. The van der Waals surface area contributed by atoms with Crippen molar-refractivity contribution in [3.8, 4) is 0 Å². The number of fused-ring (bicyclic) bond motifs is 1. The number of aryl methyl sites for hydroxylation is 1. The highest BCUT2D eigenvalue weighted by atomic mass is 16.7. The first-order chi connectivity index (χ1) is 12.2. The fourth-order valence-corrected chi connectivity index (χ4v) is 4.04. The molecule has 1 spiro atoms. The number of amides is 1. The molecule has 2 fully saturated rings. The fraction of sp³-hybridized carbons (Fsp3) is 0.550. The van der Waals surface area contributed by atoms with Crippen molar-refractivity contribution in [2.45, 2.75) is 31.5 Å². The molecule has 0 radical (unpaired) electrons. The molecule has 1 aromatic rings. The Morgan fingerprint density at radius 2 is 1.92 bits per heavy atom. The lowest BCUT2D eigenvalue weighted by Gasteiger charge is -2.37. The summed E-state index contributed by atoms with van der Waals surface area (Å²) in [6, 6.07) is 6.47. The van der Waals surface area contributed by atoms with Gasteiger partial charge in [0, 0.05) is 51.3 Å². The second kappa shape index (κ2) is 6.81. The van der Waals surface area contributed by atoms with E-state index in [4.69, 9.17) is 9.47 Å². The Kier molecular flexibility index (Phi) is 4.52. The molecule has 0 N–H and O–H groups in total. The van der Waals surface area contributed by atoms with Crippen LogP contribution in [0.1, 0.15) is 30.4 Å². The van der Waals surface area contributed by atoms with E-state index in [1.165, 1.54) is 17.7 Å². The zero-order valence-corrected chi connectivity index (χ0v) is 14.9. The Morgan fingerprint density at radius 1 is 1.16 bits per heavy atom. The second-order valence-electron chi connectivity index (χ2n) is 7.18. The molecule has 0 aliphatic carbocycles. The maximum atomic E-state index is 12.5. The van der Waals surface area contributed by atoms with E-state index in [0.717, 1.165) is 31.4 Å². The number of anilines is 1. The van der Waals surface area contributed by atoms with Crippen LogP contribution in [0.15, 0.2) is 24.3 Å². The third-order valence-electron chi connectivity index (χ3n) is 5.52. The molecular weight excluding hydrogens is 316 g/mol. The van der Waals surface area contributed by atoms with Crippen molar-refractivity contribution in [1.82, 2.24) is 4.90 Å². The predicted octanol–water partition coefficient (Wildman–Crippen LogP) is 2.45. The van der Waals surface area contributed by atoms with Gasteiger partial charge >= 0.3 is 0 Å². The third kappa shape index (κ3) is 3.44. The molecule has 3 aliphatic heterocycles. The van der Waals surface area contributed by atoms with Crippen molar-refractivity contribution in [1.29, 1.82) is 0 Å². The Balaban J connectivity index is 1.38. The van der Waals surface area contributed by atoms with Gasteiger partial charge in [-0.05, 0) is 42.2 Å². The molecule has 134 valence electrons. The summed E-state index contributed by atoms with van der Waals surface area (Å²) >= 11 is 0. The normalized spacial score (nSPS) is 22.6. The summed E-state index contributed by atoms with van der Waals surface area (Å²) in [5, 5.41) is 0. The highest BCUT2D eigenvalue weighted by molar-refractivity contribution is 5.92. The fourth-order valence-electron chi connectivity index (χ4n) is 4.04. The zero-order valence-electron chi connectivity index (χ0n) is 14.9. The van der Waals surface area contributed by atoms with Gasteiger partial charge in [0.25, 0.3) is 0 Å². The smallest absolute Gasteiger partial charge is 0.246 e. The Labute approximate surface area is 149 Å². The van der Waals surface area contributed by atoms with Crippen LogP contribution in [-0.2, 0) is 20.7 Å². The maximum Gasteiger partial charge on any atom is 0.246 e. The van der Waals surface area contributed by atoms with Gasteiger partial charge in [-0.2, -0.15) is 0 Å². The number of benzene rings is 1. The number of rotatable bonds is 2. The summed E-state index contributed by atoms with van der Waals surface area (Å²) in [4.78, 5) is 16.7. The van der Waals surface area contributed by atoms with E-state index in [-0.39, 0.29) is 5.91 Å². The van der Waals surface area contributed by atoms with Gasteiger partial charge in [0.05, 0.1) is 13.2 Å². The summed E-state index contributed by atoms with van der Waals surface area (Å²) < 4.78 is 11.4. The molecular formula is C20H26N2O3. The third-order valence-corrected chi connectivity index (χ3v) is 5.52. The van der Waals surface area contributed by atoms with Gasteiger partial charge in [-0.3, -0.25) is 4.79 Å². The monoisotopic (exact) mass is 342 g/mol. The van der Waals surface area contributed by atoms with Crippen molar-refractivity contribution in [3.05, 3.63) is 35.4 Å². The molecule has 4 rings (SSSR count). The van der Waals surface area contributed by atoms with Crippen LogP contribution >= 0.6 is 0 Å². The molecule has 0 atom stereocenters. The maximum absolute atomic E-state index is 12.5. The minimum atomic E-state index is -0.426. The molecule has 0 unspecified atom stereocenters. The Bertz CT molecular complexity index is 670. The lowest BCUT2D eigenvalue weighted by atomic mass is 9.99. The van der Waals surface area contributed by atoms with Gasteiger partial charge in [0.1, 0.15) is 0 Å². The van der Waals surface area contributed by atoms with Crippen molar-refractivity contribution >= 4 is 17.7 Å². The molecule has 3 heterocycles. The number of nitrogens with zero attached hydrogens (tertiary/aromatic N) is 2. The van der Waals surface area contributed by atoms with Crippen LogP contribution in [-0.4, -0.2) is 56.5 Å². The van der Waals surface area contributed by atoms with E-state index in [1.54, 1.807) is 6.08 Å². The molecule has 0 aromatic heterocycles. The number of ether oxygens (including phenoxy) is 2. The predicted molar refractivity (Wildman–Crippen MR) is 97.5 cm³/mol. The van der Waals surface area contributed by atoms with Gasteiger partial charge < -0.3 is 19.3 Å². The Hall–Kier alpha value is -1.85. The number of likely N-dealkylation sites (tertiary alicyclic amines) is 1. The zero-order chi connectivity index (χ0) is 17.3. The number of piperidine rings is 1. The van der Waals surface area contributed by atoms with Crippen LogP contribution in [0.3, 0.4) is 0 Å². The van der Waals surface area contributed by atoms with Gasteiger partial charge in [-0.15, -0.1) is 0 Å². The summed E-state index contributed by atoms with van der Waals surface area (Å²) in [6.45, 7) is 3.84. The van der Waals surface area contributed by atoms with Crippen LogP contribution in [0, 0.1) is 0 Å². The standard InChI is InChI=1S/C20H26N2O3/c1-21-10-2-3-17-15-16(4-6-18(17)21)5-7-19(23)22-11-8-20(9-12-22)24-13-14-25-20/h4-7,15H,2-3,8-14H2,1H3/b7-5-. The molecule has 5 nitrogen and oxygen atoms in total. The molecule has 0 saturated carbocycles. The SMILES string of the molecule is CN1CCCc2cc(/C=C\C(=O)N3CCC4(CC3)OCCO4)ccc21. The quantitative estimate of drug-likeness (QED) is 0.774. The minimum Gasteiger partial charge on any atom is -0.374 e. The lowest BCUT2D eigenvalue weighted by molar-refractivity contribution is -0.186. The van der Waals surface area contributed by atoms with Crippen LogP contribution in [0.5, 0.6) is 0 Å². The Morgan fingerprint density at radius 3 is 2.68 bits per heavy atom. The van der Waals surface area contributed by atoms with Crippen molar-refractivity contribution < 1.29 is 14.3 Å². The van der Waals surface area contributed by atoms with E-state index in [2.05, 4.69) is 30.1 Å². The highest BCUT2D eigenvalue weighted by Crippen LogP contribution is 2.31. The van der Waals surface area contributed by atoms with Crippen molar-refractivity contribution in [2.75, 3.05) is 44.8 Å². The molecule has 25 heavy (non-hydrogen) atoms. The minimum absolute atomic E-state index is 0.0719. The summed E-state index contributed by atoms with van der Waals surface area (Å²) in [6.07, 6.45) is 7.46. The second-order valence-corrected chi connectivity index (χ2v) is 7.18. The highest BCUT2D eigenvalue weighted by Gasteiger charge is 2.40. The summed E-state index contributed by atoms with van der Waals surface area (Å²) in [5.74, 6) is -0.354. The van der Waals surface area contributed by atoms with E-state index >= 15 is 0 Å². The molecule has 3 aliphatic rings. The van der Waals surface area contributed by atoms with Crippen LogP contribution < -0.4 is 4.90 Å². The van der Waals surface area contributed by atoms with Crippen LogP contribution in [0.25, 0.3) is 6.08 Å². The first-order valence-corrected chi connectivity index (χ1v) is 9.24. The summed E-state index contributed by atoms with van der Waals surface area (Å²) in [5.41, 5.74) is 3.78. The average Bonchev–Trinajstić information content (AvgIpc) is 3.08. The van der Waals surface area contributed by atoms with E-state index in [1.807, 2.05) is 11.0 Å². The molecule has 5 heteroatoms. The van der Waals surface area contributed by atoms with Gasteiger partial charge in [-0.1, -0.05) is 6.07 Å². The number of carbonyl (C=O) groups is 1. The number of hydrogen-bond donors (Lipinski definition) is 0. The first kappa shape index (κ1) is 16.6. The van der Waals surface area contributed by atoms with Crippen molar-refractivity contribution in [3.63, 3.8) is 0 Å². The lowest BCUT2D eigenvalue weighted by Crippen LogP contribution is -2.46.